The minimum Gasteiger partial charge on any atom is -0.379 e. The van der Waals surface area contributed by atoms with Crippen LogP contribution in [0.3, 0.4) is 0 Å². The summed E-state index contributed by atoms with van der Waals surface area (Å²) >= 11 is 5.79. The van der Waals surface area contributed by atoms with E-state index in [9.17, 15) is 8.42 Å². The highest BCUT2D eigenvalue weighted by atomic mass is 35.5. The molecule has 0 atom stereocenters. The van der Waals surface area contributed by atoms with Crippen LogP contribution in [-0.4, -0.2) is 76.9 Å². The van der Waals surface area contributed by atoms with Gasteiger partial charge in [0.15, 0.2) is 0 Å². The van der Waals surface area contributed by atoms with Crippen molar-refractivity contribution >= 4 is 27.6 Å². The van der Waals surface area contributed by atoms with Crippen molar-refractivity contribution in [1.29, 1.82) is 0 Å². The molecule has 3 rings (SSSR count). The molecule has 0 bridgehead atoms. The zero-order chi connectivity index (χ0) is 17.7. The second-order valence-electron chi connectivity index (χ2n) is 5.89. The van der Waals surface area contributed by atoms with E-state index in [0.29, 0.717) is 18.4 Å². The Hall–Kier alpha value is -1.39. The Bertz CT molecular complexity index is 704. The zero-order valence-electron chi connectivity index (χ0n) is 13.8. The first-order valence-corrected chi connectivity index (χ1v) is 9.98. The van der Waals surface area contributed by atoms with E-state index in [1.807, 2.05) is 0 Å². The molecule has 0 radical (unpaired) electrons. The lowest BCUT2D eigenvalue weighted by molar-refractivity contribution is 0.0331. The van der Waals surface area contributed by atoms with Gasteiger partial charge in [-0.1, -0.05) is 11.6 Å². The number of aliphatic imine (C=N–C) groups is 1. The molecule has 0 saturated carbocycles. The van der Waals surface area contributed by atoms with Crippen LogP contribution in [-0.2, 0) is 14.8 Å². The topological polar surface area (TPSA) is 86.3 Å². The first-order valence-electron chi connectivity index (χ1n) is 8.12. The van der Waals surface area contributed by atoms with Gasteiger partial charge >= 0.3 is 0 Å². The molecule has 2 heterocycles. The Labute approximate surface area is 152 Å². The van der Waals surface area contributed by atoms with Crippen molar-refractivity contribution in [3.63, 3.8) is 0 Å². The van der Waals surface area contributed by atoms with Crippen LogP contribution in [0.5, 0.6) is 0 Å². The number of morpholine rings is 1. The highest BCUT2D eigenvalue weighted by molar-refractivity contribution is 7.90. The van der Waals surface area contributed by atoms with Crippen LogP contribution in [0.1, 0.15) is 0 Å². The number of benzene rings is 1. The fourth-order valence-electron chi connectivity index (χ4n) is 2.59. The largest absolute Gasteiger partial charge is 0.379 e. The quantitative estimate of drug-likeness (QED) is 0.746. The number of rotatable bonds is 5. The Morgan fingerprint density at radius 3 is 2.48 bits per heavy atom. The van der Waals surface area contributed by atoms with Gasteiger partial charge in [0.2, 0.25) is 5.96 Å². The molecule has 10 heteroatoms. The number of nitrogens with zero attached hydrogens (tertiary/aromatic N) is 3. The number of sulfonamides is 1. The summed E-state index contributed by atoms with van der Waals surface area (Å²) in [4.78, 5) is 8.90. The van der Waals surface area contributed by atoms with Crippen molar-refractivity contribution in [2.75, 3.05) is 52.7 Å². The Kier molecular flexibility index (Phi) is 6.13. The molecule has 1 aromatic carbocycles. The van der Waals surface area contributed by atoms with Crippen LogP contribution in [0.2, 0.25) is 5.02 Å². The summed E-state index contributed by atoms with van der Waals surface area (Å²) in [5.41, 5.74) is 0. The number of hydrogen-bond acceptors (Lipinski definition) is 7. The van der Waals surface area contributed by atoms with Gasteiger partial charge in [-0.15, -0.1) is 0 Å². The van der Waals surface area contributed by atoms with Crippen molar-refractivity contribution < 1.29 is 13.2 Å². The van der Waals surface area contributed by atoms with E-state index in [4.69, 9.17) is 16.3 Å². The smallest absolute Gasteiger partial charge is 0.264 e. The van der Waals surface area contributed by atoms with E-state index in [1.165, 1.54) is 12.1 Å². The summed E-state index contributed by atoms with van der Waals surface area (Å²) in [5.74, 6) is 0.262. The van der Waals surface area contributed by atoms with Crippen molar-refractivity contribution in [2.45, 2.75) is 4.90 Å². The molecule has 1 aromatic rings. The van der Waals surface area contributed by atoms with E-state index in [1.54, 1.807) is 12.1 Å². The van der Waals surface area contributed by atoms with Gasteiger partial charge in [0.25, 0.3) is 10.0 Å². The third-order valence-electron chi connectivity index (χ3n) is 4.09. The molecule has 0 spiro atoms. The van der Waals surface area contributed by atoms with Gasteiger partial charge in [-0.3, -0.25) is 9.80 Å². The normalized spacial score (nSPS) is 20.0. The fourth-order valence-corrected chi connectivity index (χ4v) is 3.72. The number of ether oxygens (including phenoxy) is 1. The Morgan fingerprint density at radius 2 is 1.84 bits per heavy atom. The SMILES string of the molecule is O=S(=O)(NC1=NCN(CCN2CCOCC2)CN1)c1ccc(Cl)cc1. The van der Waals surface area contributed by atoms with Crippen LogP contribution >= 0.6 is 11.6 Å². The molecular weight excluding hydrogens is 366 g/mol. The highest BCUT2D eigenvalue weighted by Gasteiger charge is 2.20. The molecule has 1 fully saturated rings. The maximum Gasteiger partial charge on any atom is 0.264 e. The average Bonchev–Trinajstić information content (AvgIpc) is 2.62. The number of halogens is 1. The van der Waals surface area contributed by atoms with Crippen molar-refractivity contribution in [1.82, 2.24) is 19.8 Å². The van der Waals surface area contributed by atoms with E-state index < -0.39 is 10.0 Å². The first-order chi connectivity index (χ1) is 12.0. The lowest BCUT2D eigenvalue weighted by Gasteiger charge is -2.31. The maximum atomic E-state index is 12.3. The number of hydrogen-bond donors (Lipinski definition) is 2. The third kappa shape index (κ3) is 5.29. The molecule has 25 heavy (non-hydrogen) atoms. The molecule has 138 valence electrons. The van der Waals surface area contributed by atoms with Gasteiger partial charge in [-0.25, -0.2) is 18.1 Å². The molecule has 0 aromatic heterocycles. The lowest BCUT2D eigenvalue weighted by Crippen LogP contribution is -2.51. The third-order valence-corrected chi connectivity index (χ3v) is 5.70. The molecule has 0 aliphatic carbocycles. The van der Waals surface area contributed by atoms with Crippen molar-refractivity contribution in [2.24, 2.45) is 4.99 Å². The fraction of sp³-hybridized carbons (Fsp3) is 0.533. The minimum atomic E-state index is -3.67. The van der Waals surface area contributed by atoms with E-state index in [0.717, 1.165) is 39.4 Å². The van der Waals surface area contributed by atoms with E-state index >= 15 is 0 Å². The zero-order valence-corrected chi connectivity index (χ0v) is 15.4. The molecule has 8 nitrogen and oxygen atoms in total. The molecule has 2 aliphatic heterocycles. The standard InChI is InChI=1S/C15H22ClN5O3S/c16-13-1-3-14(4-2-13)25(22,23)19-15-17-11-21(12-18-15)6-5-20-7-9-24-10-8-20/h1-4H,5-12H2,(H2,17,18,19). The predicted octanol–water partition coefficient (Wildman–Crippen LogP) is 0.127. The van der Waals surface area contributed by atoms with Crippen LogP contribution in [0, 0.1) is 0 Å². The summed E-state index contributed by atoms with van der Waals surface area (Å²) in [6.45, 7) is 6.30. The molecule has 0 unspecified atom stereocenters. The second kappa shape index (κ2) is 8.33. The summed E-state index contributed by atoms with van der Waals surface area (Å²) in [7, 11) is -3.67. The Balaban J connectivity index is 1.49. The van der Waals surface area contributed by atoms with Crippen LogP contribution in [0.4, 0.5) is 0 Å². The number of guanidine groups is 1. The molecule has 0 amide bonds. The van der Waals surface area contributed by atoms with Crippen LogP contribution in [0.25, 0.3) is 0 Å². The van der Waals surface area contributed by atoms with Crippen LogP contribution in [0.15, 0.2) is 34.2 Å². The molecule has 2 N–H and O–H groups in total. The highest BCUT2D eigenvalue weighted by Crippen LogP contribution is 2.13. The van der Waals surface area contributed by atoms with E-state index in [2.05, 4.69) is 24.8 Å². The summed E-state index contributed by atoms with van der Waals surface area (Å²) in [6.07, 6.45) is 0. The predicted molar refractivity (Wildman–Crippen MR) is 96.0 cm³/mol. The summed E-state index contributed by atoms with van der Waals surface area (Å²) in [5, 5.41) is 3.50. The lowest BCUT2D eigenvalue weighted by atomic mass is 10.4. The van der Waals surface area contributed by atoms with Gasteiger partial charge in [0, 0.05) is 31.2 Å². The van der Waals surface area contributed by atoms with Crippen LogP contribution < -0.4 is 10.0 Å². The Morgan fingerprint density at radius 1 is 1.16 bits per heavy atom. The molecule has 2 aliphatic rings. The maximum absolute atomic E-state index is 12.3. The minimum absolute atomic E-state index is 0.149. The van der Waals surface area contributed by atoms with Gasteiger partial charge in [-0.05, 0) is 24.3 Å². The van der Waals surface area contributed by atoms with Crippen molar-refractivity contribution in [3.05, 3.63) is 29.3 Å². The summed E-state index contributed by atoms with van der Waals surface area (Å²) < 4.78 is 32.4. The molecule has 1 saturated heterocycles. The first kappa shape index (κ1) is 18.4. The van der Waals surface area contributed by atoms with Crippen molar-refractivity contribution in [3.8, 4) is 0 Å². The number of nitrogens with one attached hydrogen (secondary N) is 2. The van der Waals surface area contributed by atoms with E-state index in [-0.39, 0.29) is 10.9 Å². The van der Waals surface area contributed by atoms with Gasteiger partial charge < -0.3 is 10.1 Å². The average molecular weight is 388 g/mol. The molecular formula is C15H22ClN5O3S. The van der Waals surface area contributed by atoms with Gasteiger partial charge in [0.1, 0.15) is 0 Å². The summed E-state index contributed by atoms with van der Waals surface area (Å²) in [6, 6.07) is 6.00. The second-order valence-corrected chi connectivity index (χ2v) is 8.01. The monoisotopic (exact) mass is 387 g/mol. The van der Waals surface area contributed by atoms with Gasteiger partial charge in [0.05, 0.1) is 31.4 Å². The van der Waals surface area contributed by atoms with Gasteiger partial charge in [-0.2, -0.15) is 0 Å².